The van der Waals surface area contributed by atoms with E-state index in [1.54, 1.807) is 43.3 Å². The molecule has 2 aromatic carbocycles. The number of carbonyl (C=O) groups is 3. The number of benzene rings is 2. The van der Waals surface area contributed by atoms with Crippen molar-refractivity contribution in [3.63, 3.8) is 0 Å². The topological polar surface area (TPSA) is 112 Å². The van der Waals surface area contributed by atoms with Crippen molar-refractivity contribution in [2.24, 2.45) is 0 Å². The summed E-state index contributed by atoms with van der Waals surface area (Å²) in [6, 6.07) is 9.95. The number of nitrogens with one attached hydrogen (secondary N) is 2. The van der Waals surface area contributed by atoms with Gasteiger partial charge < -0.3 is 29.6 Å². The summed E-state index contributed by atoms with van der Waals surface area (Å²) < 4.78 is 21.0. The highest BCUT2D eigenvalue weighted by molar-refractivity contribution is 6.30. The second kappa shape index (κ2) is 10.7. The molecule has 3 rings (SSSR count). The first-order valence-electron chi connectivity index (χ1n) is 10.00. The molecule has 10 heteroatoms. The lowest BCUT2D eigenvalue weighted by Gasteiger charge is -2.29. The Bertz CT molecular complexity index is 1080. The van der Waals surface area contributed by atoms with E-state index >= 15 is 0 Å². The van der Waals surface area contributed by atoms with E-state index in [4.69, 9.17) is 30.5 Å². The maximum Gasteiger partial charge on any atom is 0.342 e. The minimum absolute atomic E-state index is 0.104. The zero-order valence-corrected chi connectivity index (χ0v) is 19.0. The maximum absolute atomic E-state index is 12.8. The second-order valence-corrected chi connectivity index (χ2v) is 7.27. The smallest absolute Gasteiger partial charge is 0.342 e. The molecule has 0 fully saturated rings. The Morgan fingerprint density at radius 2 is 1.73 bits per heavy atom. The number of esters is 2. The number of hydrogen-bond donors (Lipinski definition) is 2. The first-order chi connectivity index (χ1) is 15.9. The van der Waals surface area contributed by atoms with E-state index in [1.807, 2.05) is 0 Å². The third-order valence-corrected chi connectivity index (χ3v) is 5.08. The highest BCUT2D eigenvalue weighted by Crippen LogP contribution is 2.29. The monoisotopic (exact) mass is 474 g/mol. The summed E-state index contributed by atoms with van der Waals surface area (Å²) in [4.78, 5) is 37.9. The molecule has 174 valence electrons. The van der Waals surface area contributed by atoms with Crippen LogP contribution in [0, 0.1) is 0 Å². The molecule has 2 amide bonds. The summed E-state index contributed by atoms with van der Waals surface area (Å²) >= 11 is 5.97. The van der Waals surface area contributed by atoms with Crippen LogP contribution in [0.15, 0.2) is 53.7 Å². The van der Waals surface area contributed by atoms with Gasteiger partial charge in [-0.15, -0.1) is 0 Å². The summed E-state index contributed by atoms with van der Waals surface area (Å²) in [6.07, 6.45) is 0. The van der Waals surface area contributed by atoms with Gasteiger partial charge in [0.15, 0.2) is 0 Å². The normalized spacial score (nSPS) is 15.3. The summed E-state index contributed by atoms with van der Waals surface area (Å²) in [5, 5.41) is 5.74. The average Bonchev–Trinajstić information content (AvgIpc) is 2.82. The summed E-state index contributed by atoms with van der Waals surface area (Å²) in [7, 11) is 2.89. The Morgan fingerprint density at radius 3 is 2.36 bits per heavy atom. The number of ether oxygens (including phenoxy) is 4. The van der Waals surface area contributed by atoms with Crippen LogP contribution < -0.4 is 20.1 Å². The number of hydrogen-bond acceptors (Lipinski definition) is 7. The van der Waals surface area contributed by atoms with Crippen molar-refractivity contribution in [1.29, 1.82) is 0 Å². The van der Waals surface area contributed by atoms with Crippen LogP contribution in [0.4, 0.5) is 4.79 Å². The van der Waals surface area contributed by atoms with E-state index in [0.717, 1.165) is 0 Å². The number of methoxy groups -OCH3 is 2. The van der Waals surface area contributed by atoms with Gasteiger partial charge in [0.2, 0.25) is 0 Å². The van der Waals surface area contributed by atoms with Crippen molar-refractivity contribution < 1.29 is 33.3 Å². The van der Waals surface area contributed by atoms with Crippen LogP contribution in [0.25, 0.3) is 0 Å². The zero-order chi connectivity index (χ0) is 24.0. The van der Waals surface area contributed by atoms with Crippen LogP contribution in [-0.4, -0.2) is 45.4 Å². The molecule has 2 aromatic rings. The van der Waals surface area contributed by atoms with Gasteiger partial charge in [-0.1, -0.05) is 23.7 Å². The molecule has 0 bridgehead atoms. The van der Waals surface area contributed by atoms with Crippen LogP contribution in [0.3, 0.4) is 0 Å². The summed E-state index contributed by atoms with van der Waals surface area (Å²) in [5.74, 6) is -0.659. The second-order valence-electron chi connectivity index (χ2n) is 6.84. The number of urea groups is 1. The minimum Gasteiger partial charge on any atom is -0.497 e. The van der Waals surface area contributed by atoms with Gasteiger partial charge in [-0.3, -0.25) is 0 Å². The lowest BCUT2D eigenvalue weighted by Crippen LogP contribution is -2.47. The standard InChI is InChI=1S/C23H23ClN2O7/c1-4-32-22(28)19-17(25-23(29)26-20(19)13-5-7-14(24)8-6-13)12-33-21(27)16-11-15(30-2)9-10-18(16)31-3/h5-11,20H,4,12H2,1-3H3,(H2,25,26,29). The molecule has 0 aliphatic carbocycles. The van der Waals surface area contributed by atoms with Gasteiger partial charge >= 0.3 is 18.0 Å². The van der Waals surface area contributed by atoms with Gasteiger partial charge in [0.25, 0.3) is 0 Å². The lowest BCUT2D eigenvalue weighted by atomic mass is 9.95. The van der Waals surface area contributed by atoms with Crippen molar-refractivity contribution in [3.05, 3.63) is 69.9 Å². The number of rotatable bonds is 8. The first-order valence-corrected chi connectivity index (χ1v) is 10.4. The predicted octanol–water partition coefficient (Wildman–Crippen LogP) is 3.39. The molecule has 0 spiro atoms. The molecule has 0 saturated carbocycles. The maximum atomic E-state index is 12.8. The van der Waals surface area contributed by atoms with Crippen molar-refractivity contribution in [2.75, 3.05) is 27.4 Å². The fourth-order valence-electron chi connectivity index (χ4n) is 3.28. The molecule has 1 aliphatic heterocycles. The van der Waals surface area contributed by atoms with Crippen molar-refractivity contribution in [1.82, 2.24) is 10.6 Å². The molecule has 2 N–H and O–H groups in total. The third-order valence-electron chi connectivity index (χ3n) is 4.83. The molecule has 0 radical (unpaired) electrons. The van der Waals surface area contributed by atoms with E-state index in [-0.39, 0.29) is 35.8 Å². The van der Waals surface area contributed by atoms with Crippen molar-refractivity contribution >= 4 is 29.6 Å². The molecule has 9 nitrogen and oxygen atoms in total. The van der Waals surface area contributed by atoms with Crippen LogP contribution >= 0.6 is 11.6 Å². The van der Waals surface area contributed by atoms with E-state index < -0.39 is 24.0 Å². The van der Waals surface area contributed by atoms with Gasteiger partial charge in [-0.25, -0.2) is 14.4 Å². The SMILES string of the molecule is CCOC(=O)C1=C(COC(=O)c2cc(OC)ccc2OC)NC(=O)NC1c1ccc(Cl)cc1. The summed E-state index contributed by atoms with van der Waals surface area (Å²) in [5.41, 5.74) is 0.955. The highest BCUT2D eigenvalue weighted by atomic mass is 35.5. The van der Waals surface area contributed by atoms with Crippen LogP contribution in [0.1, 0.15) is 28.9 Å². The summed E-state index contributed by atoms with van der Waals surface area (Å²) in [6.45, 7) is 1.40. The number of carbonyl (C=O) groups excluding carboxylic acids is 3. The number of halogens is 1. The third kappa shape index (κ3) is 5.56. The first kappa shape index (κ1) is 23.9. The van der Waals surface area contributed by atoms with Crippen LogP contribution in [-0.2, 0) is 14.3 Å². The Balaban J connectivity index is 1.94. The molecule has 1 unspecified atom stereocenters. The highest BCUT2D eigenvalue weighted by Gasteiger charge is 2.34. The van der Waals surface area contributed by atoms with Gasteiger partial charge in [-0.2, -0.15) is 0 Å². The van der Waals surface area contributed by atoms with Crippen molar-refractivity contribution in [2.45, 2.75) is 13.0 Å². The Morgan fingerprint density at radius 1 is 1.00 bits per heavy atom. The molecule has 1 aliphatic rings. The Kier molecular flexibility index (Phi) is 7.78. The van der Waals surface area contributed by atoms with Gasteiger partial charge in [0, 0.05) is 5.02 Å². The van der Waals surface area contributed by atoms with E-state index in [0.29, 0.717) is 16.3 Å². The molecular weight excluding hydrogens is 452 g/mol. The van der Waals surface area contributed by atoms with Gasteiger partial charge in [0.1, 0.15) is 23.7 Å². The Hall–Kier alpha value is -3.72. The zero-order valence-electron chi connectivity index (χ0n) is 18.3. The van der Waals surface area contributed by atoms with Crippen LogP contribution in [0.5, 0.6) is 11.5 Å². The fraction of sp³-hybridized carbons (Fsp3) is 0.261. The van der Waals surface area contributed by atoms with E-state index in [1.165, 1.54) is 20.3 Å². The van der Waals surface area contributed by atoms with Gasteiger partial charge in [-0.05, 0) is 42.8 Å². The van der Waals surface area contributed by atoms with E-state index in [9.17, 15) is 14.4 Å². The van der Waals surface area contributed by atoms with E-state index in [2.05, 4.69) is 10.6 Å². The van der Waals surface area contributed by atoms with Crippen LogP contribution in [0.2, 0.25) is 5.02 Å². The lowest BCUT2D eigenvalue weighted by molar-refractivity contribution is -0.139. The molecule has 1 atom stereocenters. The molecule has 33 heavy (non-hydrogen) atoms. The number of amides is 2. The predicted molar refractivity (Wildman–Crippen MR) is 119 cm³/mol. The Labute approximate surface area is 195 Å². The largest absolute Gasteiger partial charge is 0.497 e. The molecule has 0 saturated heterocycles. The van der Waals surface area contributed by atoms with Gasteiger partial charge in [0.05, 0.1) is 38.1 Å². The molecular formula is C23H23ClN2O7. The molecule has 1 heterocycles. The minimum atomic E-state index is -0.824. The van der Waals surface area contributed by atoms with Crippen molar-refractivity contribution in [3.8, 4) is 11.5 Å². The molecule has 0 aromatic heterocycles. The fourth-order valence-corrected chi connectivity index (χ4v) is 3.40. The quantitative estimate of drug-likeness (QED) is 0.564. The average molecular weight is 475 g/mol.